The number of hydrogen-bond acceptors (Lipinski definition) is 5. The monoisotopic (exact) mass is 473 g/mol. The molecule has 0 atom stereocenters. The molecule has 0 unspecified atom stereocenters. The maximum absolute atomic E-state index is 13.4. The van der Waals surface area contributed by atoms with Gasteiger partial charge in [-0.2, -0.15) is 0 Å². The molecule has 6 rings (SSSR count). The Kier molecular flexibility index (Phi) is 5.52. The van der Waals surface area contributed by atoms with Crippen LogP contribution in [0.1, 0.15) is 51.7 Å². The van der Waals surface area contributed by atoms with Crippen LogP contribution >= 0.6 is 22.7 Å². The summed E-state index contributed by atoms with van der Waals surface area (Å²) < 4.78 is 1.19. The number of para-hydroxylation sites is 1. The first-order valence-electron chi connectivity index (χ1n) is 11.9. The number of nitrogens with one attached hydrogen (secondary N) is 1. The number of anilines is 1. The van der Waals surface area contributed by atoms with Gasteiger partial charge in [0.2, 0.25) is 0 Å². The minimum atomic E-state index is -0.0170. The van der Waals surface area contributed by atoms with Crippen LogP contribution in [0.5, 0.6) is 0 Å². The molecule has 2 aromatic carbocycles. The van der Waals surface area contributed by atoms with Gasteiger partial charge in [0, 0.05) is 29.1 Å². The summed E-state index contributed by atoms with van der Waals surface area (Å²) in [5.41, 5.74) is 7.02. The fourth-order valence-corrected chi connectivity index (χ4v) is 7.47. The number of carbonyl (C=O) groups excluding carboxylic acids is 1. The average molecular weight is 474 g/mol. The topological polar surface area (TPSA) is 45.2 Å². The van der Waals surface area contributed by atoms with Gasteiger partial charge >= 0.3 is 0 Å². The summed E-state index contributed by atoms with van der Waals surface area (Å²) in [5, 5.41) is 5.25. The van der Waals surface area contributed by atoms with E-state index in [1.54, 1.807) is 22.7 Å². The van der Waals surface area contributed by atoms with Crippen LogP contribution in [0, 0.1) is 0 Å². The molecule has 4 aromatic rings. The lowest BCUT2D eigenvalue weighted by molar-refractivity contribution is 0.102. The Balaban J connectivity index is 1.39. The van der Waals surface area contributed by atoms with Gasteiger partial charge in [-0.1, -0.05) is 25.1 Å². The standard InChI is InChI=1S/C27H27N3OS2/c1-2-30-14-13-20-23(16-30)33-27(24(20)26-28-21-9-5-6-10-22(21)32-26)29-25(31)19-12-11-17-7-3-4-8-18(17)15-19/h5-6,9-12,15H,2-4,7-8,13-14,16H2,1H3,(H,29,31). The van der Waals surface area contributed by atoms with Crippen LogP contribution in [0.4, 0.5) is 5.00 Å². The van der Waals surface area contributed by atoms with Gasteiger partial charge in [-0.05, 0) is 79.6 Å². The number of aryl methyl sites for hydroxylation is 2. The minimum Gasteiger partial charge on any atom is -0.313 e. The number of nitrogens with zero attached hydrogens (tertiary/aromatic N) is 2. The Morgan fingerprint density at radius 2 is 1.91 bits per heavy atom. The third kappa shape index (κ3) is 3.90. The van der Waals surface area contributed by atoms with E-state index in [1.807, 2.05) is 12.1 Å². The molecule has 4 nitrogen and oxygen atoms in total. The van der Waals surface area contributed by atoms with Crippen LogP contribution in [0.2, 0.25) is 0 Å². The second kappa shape index (κ2) is 8.67. The first-order valence-corrected chi connectivity index (χ1v) is 13.5. The lowest BCUT2D eigenvalue weighted by atomic mass is 9.90. The highest BCUT2D eigenvalue weighted by molar-refractivity contribution is 7.23. The molecule has 0 spiro atoms. The zero-order valence-electron chi connectivity index (χ0n) is 18.8. The van der Waals surface area contributed by atoms with Crippen molar-refractivity contribution >= 4 is 43.8 Å². The van der Waals surface area contributed by atoms with E-state index < -0.39 is 0 Å². The highest BCUT2D eigenvalue weighted by Gasteiger charge is 2.27. The van der Waals surface area contributed by atoms with Gasteiger partial charge < -0.3 is 5.32 Å². The van der Waals surface area contributed by atoms with E-state index in [9.17, 15) is 4.79 Å². The van der Waals surface area contributed by atoms with Gasteiger partial charge in [-0.15, -0.1) is 22.7 Å². The molecule has 0 radical (unpaired) electrons. The summed E-state index contributed by atoms with van der Waals surface area (Å²) in [6, 6.07) is 14.5. The van der Waals surface area contributed by atoms with Crippen LogP contribution in [0.25, 0.3) is 20.8 Å². The summed E-state index contributed by atoms with van der Waals surface area (Å²) in [5.74, 6) is -0.0170. The van der Waals surface area contributed by atoms with E-state index in [0.29, 0.717) is 0 Å². The van der Waals surface area contributed by atoms with Crippen molar-refractivity contribution < 1.29 is 4.79 Å². The Hall–Kier alpha value is -2.54. The van der Waals surface area contributed by atoms with E-state index >= 15 is 0 Å². The molecule has 0 saturated carbocycles. The molecule has 0 saturated heterocycles. The number of benzene rings is 2. The number of likely N-dealkylation sites (N-methyl/N-ethyl adjacent to an activating group) is 1. The Bertz CT molecular complexity index is 1320. The second-order valence-electron chi connectivity index (χ2n) is 8.96. The van der Waals surface area contributed by atoms with Crippen molar-refractivity contribution in [2.45, 2.75) is 45.6 Å². The summed E-state index contributed by atoms with van der Waals surface area (Å²) in [4.78, 5) is 22.1. The van der Waals surface area contributed by atoms with Crippen molar-refractivity contribution in [1.82, 2.24) is 9.88 Å². The molecule has 0 bridgehead atoms. The first kappa shape index (κ1) is 21.0. The smallest absolute Gasteiger partial charge is 0.256 e. The molecule has 1 aliphatic heterocycles. The molecule has 6 heteroatoms. The lowest BCUT2D eigenvalue weighted by Crippen LogP contribution is -2.29. The Labute approximate surface area is 202 Å². The quantitative estimate of drug-likeness (QED) is 0.366. The molecule has 3 heterocycles. The zero-order chi connectivity index (χ0) is 22.4. The fraction of sp³-hybridized carbons (Fsp3) is 0.333. The Morgan fingerprint density at radius 3 is 2.76 bits per heavy atom. The normalized spacial score (nSPS) is 15.9. The van der Waals surface area contributed by atoms with Crippen molar-refractivity contribution in [2.24, 2.45) is 0 Å². The first-order chi connectivity index (χ1) is 16.2. The third-order valence-corrected chi connectivity index (χ3v) is 9.11. The predicted molar refractivity (Wildman–Crippen MR) is 139 cm³/mol. The van der Waals surface area contributed by atoms with Gasteiger partial charge in [0.1, 0.15) is 10.0 Å². The summed E-state index contributed by atoms with van der Waals surface area (Å²) in [6.07, 6.45) is 5.67. The van der Waals surface area contributed by atoms with Gasteiger partial charge in [-0.3, -0.25) is 9.69 Å². The van der Waals surface area contributed by atoms with Crippen molar-refractivity contribution in [3.8, 4) is 10.6 Å². The minimum absolute atomic E-state index is 0.0170. The number of thiazole rings is 1. The molecule has 2 aromatic heterocycles. The molecule has 1 amide bonds. The van der Waals surface area contributed by atoms with Gasteiger partial charge in [0.25, 0.3) is 5.91 Å². The van der Waals surface area contributed by atoms with Crippen molar-refractivity contribution in [2.75, 3.05) is 18.4 Å². The molecule has 1 N–H and O–H groups in total. The van der Waals surface area contributed by atoms with E-state index in [4.69, 9.17) is 4.98 Å². The number of amides is 1. The van der Waals surface area contributed by atoms with Gasteiger partial charge in [0.15, 0.2) is 0 Å². The van der Waals surface area contributed by atoms with Gasteiger partial charge in [-0.25, -0.2) is 4.98 Å². The lowest BCUT2D eigenvalue weighted by Gasteiger charge is -2.25. The van der Waals surface area contributed by atoms with Crippen LogP contribution in [0.3, 0.4) is 0 Å². The van der Waals surface area contributed by atoms with E-state index in [2.05, 4.69) is 47.5 Å². The number of thiophene rings is 1. The Morgan fingerprint density at radius 1 is 1.06 bits per heavy atom. The fourth-order valence-electron chi connectivity index (χ4n) is 5.07. The summed E-state index contributed by atoms with van der Waals surface area (Å²) >= 11 is 3.45. The molecule has 0 fully saturated rings. The number of aromatic nitrogens is 1. The molecular formula is C27H27N3OS2. The second-order valence-corrected chi connectivity index (χ2v) is 11.1. The van der Waals surface area contributed by atoms with Crippen LogP contribution < -0.4 is 5.32 Å². The largest absolute Gasteiger partial charge is 0.313 e. The maximum atomic E-state index is 13.4. The van der Waals surface area contributed by atoms with Crippen LogP contribution in [-0.4, -0.2) is 28.9 Å². The molecule has 33 heavy (non-hydrogen) atoms. The van der Waals surface area contributed by atoms with Crippen molar-refractivity contribution in [3.05, 3.63) is 69.6 Å². The van der Waals surface area contributed by atoms with Crippen molar-refractivity contribution in [3.63, 3.8) is 0 Å². The van der Waals surface area contributed by atoms with Crippen LogP contribution in [-0.2, 0) is 25.8 Å². The maximum Gasteiger partial charge on any atom is 0.256 e. The highest BCUT2D eigenvalue weighted by Crippen LogP contribution is 2.45. The molecule has 1 aliphatic carbocycles. The SMILES string of the molecule is CCN1CCc2c(sc(NC(=O)c3ccc4c(c3)CCCC4)c2-c2nc3ccccc3s2)C1. The number of fused-ring (bicyclic) bond motifs is 3. The van der Waals surface area contributed by atoms with Gasteiger partial charge in [0.05, 0.1) is 10.2 Å². The van der Waals surface area contributed by atoms with Crippen LogP contribution in [0.15, 0.2) is 42.5 Å². The molecule has 2 aliphatic rings. The summed E-state index contributed by atoms with van der Waals surface area (Å²) in [7, 11) is 0. The highest BCUT2D eigenvalue weighted by atomic mass is 32.1. The summed E-state index contributed by atoms with van der Waals surface area (Å²) in [6.45, 7) is 5.26. The zero-order valence-corrected chi connectivity index (χ0v) is 20.5. The number of carbonyl (C=O) groups is 1. The van der Waals surface area contributed by atoms with E-state index in [0.717, 1.165) is 65.5 Å². The van der Waals surface area contributed by atoms with E-state index in [1.165, 1.54) is 39.1 Å². The predicted octanol–water partition coefficient (Wildman–Crippen LogP) is 6.53. The third-order valence-electron chi connectivity index (χ3n) is 6.93. The van der Waals surface area contributed by atoms with Crippen molar-refractivity contribution in [1.29, 1.82) is 0 Å². The number of hydrogen-bond donors (Lipinski definition) is 1. The molecule has 168 valence electrons. The molecular weight excluding hydrogens is 446 g/mol. The average Bonchev–Trinajstić information content (AvgIpc) is 3.43. The number of rotatable bonds is 4. The van der Waals surface area contributed by atoms with E-state index in [-0.39, 0.29) is 5.91 Å².